The van der Waals surface area contributed by atoms with Crippen LogP contribution in [0.1, 0.15) is 5.56 Å². The summed E-state index contributed by atoms with van der Waals surface area (Å²) >= 11 is 4.08. The lowest BCUT2D eigenvalue weighted by atomic mass is 10.1. The maximum Gasteiger partial charge on any atom is 0.271 e. The molecule has 4 nitrogen and oxygen atoms in total. The van der Waals surface area contributed by atoms with Crippen molar-refractivity contribution in [1.29, 1.82) is 0 Å². The predicted molar refractivity (Wildman–Crippen MR) is 59.6 cm³/mol. The van der Waals surface area contributed by atoms with E-state index in [0.717, 1.165) is 0 Å². The summed E-state index contributed by atoms with van der Waals surface area (Å²) in [5, 5.41) is 10.5. The van der Waals surface area contributed by atoms with Crippen molar-refractivity contribution in [2.24, 2.45) is 4.99 Å². The van der Waals surface area contributed by atoms with Crippen LogP contribution in [0.15, 0.2) is 28.6 Å². The molecule has 0 aliphatic heterocycles. The fourth-order valence-corrected chi connectivity index (χ4v) is 1.39. The van der Waals surface area contributed by atoms with Gasteiger partial charge in [0.15, 0.2) is 0 Å². The lowest BCUT2D eigenvalue weighted by Crippen LogP contribution is -1.89. The van der Waals surface area contributed by atoms with Gasteiger partial charge in [-0.2, -0.15) is 0 Å². The number of thiol groups is 1. The number of nitrogens with zero attached hydrogens (tertiary/aromatic N) is 2. The predicted octanol–water partition coefficient (Wildman–Crippen LogP) is 2.86. The Labute approximate surface area is 86.5 Å². The number of benzene rings is 1. The highest BCUT2D eigenvalue weighted by Crippen LogP contribution is 2.32. The van der Waals surface area contributed by atoms with E-state index in [0.29, 0.717) is 16.1 Å². The molecule has 0 amide bonds. The fraction of sp³-hybridized carbons (Fsp3) is 0. The van der Waals surface area contributed by atoms with E-state index < -0.39 is 4.92 Å². The number of hydrogen-bond acceptors (Lipinski definition) is 4. The van der Waals surface area contributed by atoms with Crippen LogP contribution in [0.5, 0.6) is 0 Å². The Morgan fingerprint density at radius 3 is 2.64 bits per heavy atom. The van der Waals surface area contributed by atoms with E-state index >= 15 is 0 Å². The Kier molecular flexibility index (Phi) is 3.03. The van der Waals surface area contributed by atoms with E-state index in [2.05, 4.69) is 30.9 Å². The molecular weight excluding hydrogens is 200 g/mol. The van der Waals surface area contributed by atoms with Gasteiger partial charge in [0, 0.05) is 22.6 Å². The zero-order valence-corrected chi connectivity index (χ0v) is 8.20. The molecule has 1 aromatic carbocycles. The molecule has 0 radical (unpaired) electrons. The number of aliphatic imine (C=N–C) groups is 1. The van der Waals surface area contributed by atoms with Gasteiger partial charge < -0.3 is 0 Å². The van der Waals surface area contributed by atoms with E-state index in [1.165, 1.54) is 18.2 Å². The summed E-state index contributed by atoms with van der Waals surface area (Å²) in [7, 11) is 0. The van der Waals surface area contributed by atoms with Crippen LogP contribution in [0.4, 0.5) is 11.4 Å². The first-order chi connectivity index (χ1) is 6.60. The maximum atomic E-state index is 10.5. The van der Waals surface area contributed by atoms with Crippen LogP contribution in [-0.4, -0.2) is 11.6 Å². The average molecular weight is 208 g/mol. The molecule has 0 unspecified atom stereocenters. The number of rotatable bonds is 3. The van der Waals surface area contributed by atoms with Gasteiger partial charge in [0.05, 0.1) is 10.6 Å². The SMILES string of the molecule is C=Cc1cc([N+](=O)[O-])cc(S)c1N=C. The van der Waals surface area contributed by atoms with Gasteiger partial charge in [-0.1, -0.05) is 12.7 Å². The summed E-state index contributed by atoms with van der Waals surface area (Å²) in [6.45, 7) is 6.90. The minimum absolute atomic E-state index is 0.0303. The highest BCUT2D eigenvalue weighted by molar-refractivity contribution is 7.80. The smallest absolute Gasteiger partial charge is 0.263 e. The summed E-state index contributed by atoms with van der Waals surface area (Å²) in [4.78, 5) is 14.2. The van der Waals surface area contributed by atoms with Gasteiger partial charge in [-0.3, -0.25) is 15.1 Å². The quantitative estimate of drug-likeness (QED) is 0.359. The zero-order chi connectivity index (χ0) is 10.7. The van der Waals surface area contributed by atoms with Crippen molar-refractivity contribution in [3.05, 3.63) is 34.4 Å². The molecule has 0 bridgehead atoms. The van der Waals surface area contributed by atoms with Crippen molar-refractivity contribution in [1.82, 2.24) is 0 Å². The first kappa shape index (κ1) is 10.5. The van der Waals surface area contributed by atoms with Crippen molar-refractivity contribution in [3.8, 4) is 0 Å². The van der Waals surface area contributed by atoms with Gasteiger partial charge in [0.2, 0.25) is 0 Å². The van der Waals surface area contributed by atoms with Gasteiger partial charge >= 0.3 is 0 Å². The average Bonchev–Trinajstić information content (AvgIpc) is 2.16. The molecule has 0 saturated carbocycles. The van der Waals surface area contributed by atoms with Crippen LogP contribution in [0, 0.1) is 10.1 Å². The molecular formula is C9H8N2O2S. The summed E-state index contributed by atoms with van der Waals surface area (Å²) in [5.41, 5.74) is 1.03. The highest BCUT2D eigenvalue weighted by Gasteiger charge is 2.11. The fourth-order valence-electron chi connectivity index (χ4n) is 1.06. The van der Waals surface area contributed by atoms with Crippen molar-refractivity contribution >= 4 is 36.8 Å². The third kappa shape index (κ3) is 1.82. The second-order valence-corrected chi connectivity index (χ2v) is 3.00. The van der Waals surface area contributed by atoms with E-state index in [1.807, 2.05) is 0 Å². The van der Waals surface area contributed by atoms with Crippen LogP contribution in [0.25, 0.3) is 6.08 Å². The largest absolute Gasteiger partial charge is 0.271 e. The minimum atomic E-state index is -0.487. The molecule has 1 aromatic rings. The molecule has 1 rings (SSSR count). The van der Waals surface area contributed by atoms with Gasteiger partial charge in [0.25, 0.3) is 5.69 Å². The number of hydrogen-bond donors (Lipinski definition) is 1. The Balaban J connectivity index is 3.45. The van der Waals surface area contributed by atoms with Crippen molar-refractivity contribution < 1.29 is 4.92 Å². The first-order valence-electron chi connectivity index (χ1n) is 3.70. The summed E-state index contributed by atoms with van der Waals surface area (Å²) in [5.74, 6) is 0. The van der Waals surface area contributed by atoms with Crippen LogP contribution in [0.3, 0.4) is 0 Å². The van der Waals surface area contributed by atoms with Crippen LogP contribution >= 0.6 is 12.6 Å². The molecule has 14 heavy (non-hydrogen) atoms. The van der Waals surface area contributed by atoms with Crippen LogP contribution in [-0.2, 0) is 0 Å². The molecule has 0 aliphatic carbocycles. The molecule has 0 fully saturated rings. The second kappa shape index (κ2) is 4.06. The molecule has 0 saturated heterocycles. The normalized spacial score (nSPS) is 9.50. The van der Waals surface area contributed by atoms with E-state index in [4.69, 9.17) is 0 Å². The van der Waals surface area contributed by atoms with Gasteiger partial charge in [0.1, 0.15) is 0 Å². The summed E-state index contributed by atoms with van der Waals surface area (Å²) in [6, 6.07) is 2.72. The zero-order valence-electron chi connectivity index (χ0n) is 7.30. The highest BCUT2D eigenvalue weighted by atomic mass is 32.1. The lowest BCUT2D eigenvalue weighted by Gasteiger charge is -2.03. The number of nitro benzene ring substituents is 1. The van der Waals surface area contributed by atoms with Crippen molar-refractivity contribution in [3.63, 3.8) is 0 Å². The lowest BCUT2D eigenvalue weighted by molar-refractivity contribution is -0.385. The number of non-ortho nitro benzene ring substituents is 1. The standard InChI is InChI=1S/C9H8N2O2S/c1-3-6-4-7(11(12)13)5-8(14)9(6)10-2/h3-5,14H,1-2H2. The molecule has 0 aliphatic rings. The molecule has 0 heterocycles. The van der Waals surface area contributed by atoms with E-state index in [-0.39, 0.29) is 5.69 Å². The van der Waals surface area contributed by atoms with Crippen LogP contribution in [0.2, 0.25) is 0 Å². The Hall–Kier alpha value is -1.62. The van der Waals surface area contributed by atoms with Crippen molar-refractivity contribution in [2.45, 2.75) is 4.90 Å². The van der Waals surface area contributed by atoms with Crippen LogP contribution < -0.4 is 0 Å². The first-order valence-corrected chi connectivity index (χ1v) is 4.15. The van der Waals surface area contributed by atoms with Crippen molar-refractivity contribution in [2.75, 3.05) is 0 Å². The third-order valence-electron chi connectivity index (χ3n) is 1.69. The van der Waals surface area contributed by atoms with E-state index in [1.54, 1.807) is 0 Å². The Bertz CT molecular complexity index is 416. The van der Waals surface area contributed by atoms with Gasteiger partial charge in [-0.05, 0) is 6.72 Å². The third-order valence-corrected chi connectivity index (χ3v) is 2.03. The van der Waals surface area contributed by atoms with Gasteiger partial charge in [-0.15, -0.1) is 12.6 Å². The number of nitro groups is 1. The summed E-state index contributed by atoms with van der Waals surface area (Å²) < 4.78 is 0. The topological polar surface area (TPSA) is 55.5 Å². The Morgan fingerprint density at radius 2 is 2.21 bits per heavy atom. The molecule has 0 spiro atoms. The van der Waals surface area contributed by atoms with E-state index in [9.17, 15) is 10.1 Å². The molecule has 0 N–H and O–H groups in total. The maximum absolute atomic E-state index is 10.5. The Morgan fingerprint density at radius 1 is 1.57 bits per heavy atom. The monoisotopic (exact) mass is 208 g/mol. The molecule has 0 aromatic heterocycles. The minimum Gasteiger partial charge on any atom is -0.263 e. The molecule has 5 heteroatoms. The summed E-state index contributed by atoms with van der Waals surface area (Å²) in [6.07, 6.45) is 1.48. The van der Waals surface area contributed by atoms with Gasteiger partial charge in [-0.25, -0.2) is 0 Å². The molecule has 0 atom stereocenters. The second-order valence-electron chi connectivity index (χ2n) is 2.52. The molecule has 72 valence electrons.